The lowest BCUT2D eigenvalue weighted by molar-refractivity contribution is -0.129. The smallest absolute Gasteiger partial charge is 0.263 e. The maximum absolute atomic E-state index is 11.9. The van der Waals surface area contributed by atoms with Crippen molar-refractivity contribution in [1.29, 1.82) is 0 Å². The van der Waals surface area contributed by atoms with E-state index in [0.717, 1.165) is 17.4 Å². The molecule has 50 heavy (non-hydrogen) atoms. The van der Waals surface area contributed by atoms with Gasteiger partial charge in [-0.05, 0) is 71.5 Å². The summed E-state index contributed by atoms with van der Waals surface area (Å²) in [6.07, 6.45) is 2.19. The third kappa shape index (κ3) is 12.9. The molecule has 2 aliphatic rings. The topological polar surface area (TPSA) is 152 Å². The Morgan fingerprint density at radius 2 is 1.02 bits per heavy atom. The van der Waals surface area contributed by atoms with E-state index in [1.807, 2.05) is 78.9 Å². The van der Waals surface area contributed by atoms with Gasteiger partial charge >= 0.3 is 0 Å². The van der Waals surface area contributed by atoms with Crippen LogP contribution in [0.4, 0.5) is 0 Å². The van der Waals surface area contributed by atoms with Gasteiger partial charge in [-0.3, -0.25) is 34.6 Å². The molecule has 0 unspecified atom stereocenters. The molecule has 256 valence electrons. The van der Waals surface area contributed by atoms with E-state index in [2.05, 4.69) is 33.5 Å². The summed E-state index contributed by atoms with van der Waals surface area (Å²) in [7, 11) is 0. The van der Waals surface area contributed by atoms with Gasteiger partial charge in [-0.1, -0.05) is 92.4 Å². The monoisotopic (exact) mass is 710 g/mol. The highest BCUT2D eigenvalue weighted by Gasteiger charge is 2.25. The van der Waals surface area contributed by atoms with Gasteiger partial charge < -0.3 is 20.1 Å². The molecule has 2 fully saturated rings. The van der Waals surface area contributed by atoms with Crippen molar-refractivity contribution in [1.82, 2.24) is 21.3 Å². The van der Waals surface area contributed by atoms with Crippen molar-refractivity contribution in [3.05, 3.63) is 137 Å². The van der Waals surface area contributed by atoms with E-state index in [1.165, 1.54) is 6.08 Å². The molecule has 2 aliphatic heterocycles. The van der Waals surface area contributed by atoms with Crippen LogP contribution in [0.25, 0.3) is 6.08 Å². The van der Waals surface area contributed by atoms with Crippen molar-refractivity contribution < 1.29 is 33.4 Å². The molecule has 0 atom stereocenters. The lowest BCUT2D eigenvalue weighted by Gasteiger charge is -2.16. The molecule has 0 radical (unpaired) electrons. The van der Waals surface area contributed by atoms with Crippen LogP contribution in [0, 0.1) is 0 Å². The van der Waals surface area contributed by atoms with Gasteiger partial charge in [-0.15, -0.1) is 0 Å². The van der Waals surface area contributed by atoms with E-state index in [9.17, 15) is 24.0 Å². The first-order valence-electron chi connectivity index (χ1n) is 14.7. The zero-order valence-corrected chi connectivity index (χ0v) is 27.5. The molecule has 4 aromatic carbocycles. The summed E-state index contributed by atoms with van der Waals surface area (Å²) in [5.74, 6) is -0.347. The van der Waals surface area contributed by atoms with E-state index in [0.29, 0.717) is 35.8 Å². The second-order valence-electron chi connectivity index (χ2n) is 10.2. The fraction of sp³-hybridized carbons (Fsp3) is 0.108. The largest absolute Gasteiger partial charge is 0.489 e. The van der Waals surface area contributed by atoms with E-state index in [1.54, 1.807) is 30.3 Å². The number of benzene rings is 4. The fourth-order valence-electron chi connectivity index (χ4n) is 4.15. The van der Waals surface area contributed by atoms with Gasteiger partial charge in [0, 0.05) is 5.56 Å². The minimum absolute atomic E-state index is 0. The molecule has 4 N–H and O–H groups in total. The number of aldehydes is 1. The summed E-state index contributed by atoms with van der Waals surface area (Å²) in [5.41, 5.74) is 3.49. The summed E-state index contributed by atoms with van der Waals surface area (Å²) < 4.78 is 11.3. The van der Waals surface area contributed by atoms with Crippen LogP contribution in [-0.2, 0) is 32.4 Å². The van der Waals surface area contributed by atoms with E-state index < -0.39 is 11.8 Å². The number of ether oxygens (including phenoxy) is 2. The van der Waals surface area contributed by atoms with Gasteiger partial charge in [0.25, 0.3) is 11.8 Å². The molecule has 0 saturated carbocycles. The van der Waals surface area contributed by atoms with Crippen LogP contribution in [0.5, 0.6) is 11.5 Å². The fourth-order valence-corrected chi connectivity index (χ4v) is 4.56. The predicted octanol–water partition coefficient (Wildman–Crippen LogP) is 4.80. The molecule has 2 heterocycles. The zero-order valence-electron chi connectivity index (χ0n) is 25.8. The van der Waals surface area contributed by atoms with Gasteiger partial charge in [-0.2, -0.15) is 0 Å². The maximum atomic E-state index is 11.9. The van der Waals surface area contributed by atoms with Gasteiger partial charge in [0.1, 0.15) is 43.0 Å². The number of carbonyl (C=O) groups is 5. The molecule has 0 bridgehead atoms. The maximum Gasteiger partial charge on any atom is 0.263 e. The zero-order chi connectivity index (χ0) is 35.0. The Morgan fingerprint density at radius 1 is 0.580 bits per heavy atom. The number of amides is 4. The van der Waals surface area contributed by atoms with E-state index in [4.69, 9.17) is 21.7 Å². The molecule has 0 aromatic heterocycles. The Kier molecular flexibility index (Phi) is 15.1. The first-order chi connectivity index (χ1) is 23.7. The SMILES string of the molecule is C.O=C1CC(=O)NC(=S)N1.O=C1NC(=S)NC(=O)C1=Cc1cccc(OCc2ccccc2)c1.O=Cc1cccc(OCc2ccccc2)c1. The average Bonchev–Trinajstić information content (AvgIpc) is 3.09. The number of carbonyl (C=O) groups excluding carboxylic acids is 5. The second-order valence-corrected chi connectivity index (χ2v) is 11.0. The lowest BCUT2D eigenvalue weighted by atomic mass is 10.1. The normalized spacial score (nSPS) is 13.2. The highest BCUT2D eigenvalue weighted by molar-refractivity contribution is 7.80. The molecular weight excluding hydrogens is 677 g/mol. The number of nitrogens with one attached hydrogen (secondary N) is 4. The number of hydrogen-bond acceptors (Lipinski definition) is 9. The van der Waals surface area contributed by atoms with Crippen molar-refractivity contribution in [2.24, 2.45) is 0 Å². The Balaban J connectivity index is 0.000000224. The third-order valence-corrected chi connectivity index (χ3v) is 6.84. The molecular formula is C37H34N4O7S2. The summed E-state index contributed by atoms with van der Waals surface area (Å²) in [6.45, 7) is 0.958. The lowest BCUT2D eigenvalue weighted by Crippen LogP contribution is -2.51. The van der Waals surface area contributed by atoms with Crippen LogP contribution in [0.2, 0.25) is 0 Å². The number of hydrogen-bond donors (Lipinski definition) is 4. The first kappa shape index (κ1) is 38.4. The molecule has 0 aliphatic carbocycles. The number of rotatable bonds is 8. The van der Waals surface area contributed by atoms with Crippen molar-refractivity contribution in [3.8, 4) is 11.5 Å². The molecule has 0 spiro atoms. The third-order valence-electron chi connectivity index (χ3n) is 6.43. The average molecular weight is 711 g/mol. The van der Waals surface area contributed by atoms with Crippen molar-refractivity contribution in [2.75, 3.05) is 0 Å². The predicted molar refractivity (Wildman–Crippen MR) is 197 cm³/mol. The summed E-state index contributed by atoms with van der Waals surface area (Å²) in [6, 6.07) is 34.0. The Labute approximate surface area is 300 Å². The molecule has 4 aromatic rings. The van der Waals surface area contributed by atoms with E-state index in [-0.39, 0.29) is 41.5 Å². The summed E-state index contributed by atoms with van der Waals surface area (Å²) in [4.78, 5) is 55.1. The summed E-state index contributed by atoms with van der Waals surface area (Å²) in [5, 5.41) is 9.45. The summed E-state index contributed by atoms with van der Waals surface area (Å²) >= 11 is 9.26. The van der Waals surface area contributed by atoms with Crippen LogP contribution >= 0.6 is 24.4 Å². The van der Waals surface area contributed by atoms with E-state index >= 15 is 0 Å². The highest BCUT2D eigenvalue weighted by atomic mass is 32.1. The van der Waals surface area contributed by atoms with Gasteiger partial charge in [0.05, 0.1) is 0 Å². The van der Waals surface area contributed by atoms with Crippen LogP contribution < -0.4 is 30.7 Å². The Hall–Kier alpha value is -6.05. The minimum Gasteiger partial charge on any atom is -0.489 e. The molecule has 2 saturated heterocycles. The van der Waals surface area contributed by atoms with Crippen LogP contribution in [-0.4, -0.2) is 40.1 Å². The van der Waals surface area contributed by atoms with Gasteiger partial charge in [-0.25, -0.2) is 0 Å². The highest BCUT2D eigenvalue weighted by Crippen LogP contribution is 2.18. The molecule has 11 nitrogen and oxygen atoms in total. The van der Waals surface area contributed by atoms with Crippen LogP contribution in [0.15, 0.2) is 115 Å². The van der Waals surface area contributed by atoms with Crippen molar-refractivity contribution in [2.45, 2.75) is 27.1 Å². The van der Waals surface area contributed by atoms with Crippen molar-refractivity contribution in [3.63, 3.8) is 0 Å². The van der Waals surface area contributed by atoms with Gasteiger partial charge in [0.2, 0.25) is 11.8 Å². The van der Waals surface area contributed by atoms with Crippen LogP contribution in [0.3, 0.4) is 0 Å². The quantitative estimate of drug-likeness (QED) is 0.0665. The molecule has 4 amide bonds. The molecule has 13 heteroatoms. The Bertz CT molecular complexity index is 1820. The Morgan fingerprint density at radius 3 is 1.48 bits per heavy atom. The van der Waals surface area contributed by atoms with Crippen LogP contribution in [0.1, 0.15) is 40.9 Å². The first-order valence-corrected chi connectivity index (χ1v) is 15.5. The minimum atomic E-state index is -0.514. The van der Waals surface area contributed by atoms with Crippen molar-refractivity contribution >= 4 is 70.7 Å². The standard InChI is InChI=1S/C18H14N2O3S.C14H12O2.C4H4N2O2S.CH4/c21-16-15(17(22)20-18(24)19-16)10-13-7-4-8-14(9-13)23-11-12-5-2-1-3-6-12;15-10-13-7-4-8-14(9-13)16-11-12-5-2-1-3-6-12;7-2-1-3(8)6-4(9)5-2;/h1-10H,11H2,(H2,19,20,21,22,24);1-10H,11H2;1H2,(H2,5,6,7,8,9);1H4. The van der Waals surface area contributed by atoms with Gasteiger partial charge in [0.15, 0.2) is 10.2 Å². The second kappa shape index (κ2) is 19.7. The molecule has 6 rings (SSSR count). The number of thiocarbonyl (C=S) groups is 2.